The monoisotopic (exact) mass is 455 g/mol. The number of nitrogens with zero attached hydrogens (tertiary/aromatic N) is 1. The summed E-state index contributed by atoms with van der Waals surface area (Å²) in [5.41, 5.74) is 1.91. The van der Waals surface area contributed by atoms with E-state index in [0.717, 1.165) is 36.2 Å². The Bertz CT molecular complexity index is 1120. The lowest BCUT2D eigenvalue weighted by molar-refractivity contribution is -0.135. The van der Waals surface area contributed by atoms with Gasteiger partial charge in [-0.3, -0.25) is 14.5 Å². The van der Waals surface area contributed by atoms with Crippen LogP contribution in [0.2, 0.25) is 5.02 Å². The second-order valence-electron chi connectivity index (χ2n) is 8.70. The highest BCUT2D eigenvalue weighted by molar-refractivity contribution is 6.31. The molecule has 2 aromatic carbocycles. The van der Waals surface area contributed by atoms with Gasteiger partial charge in [-0.25, -0.2) is 0 Å². The molecule has 0 saturated carbocycles. The van der Waals surface area contributed by atoms with Crippen LogP contribution >= 0.6 is 11.6 Å². The molecular weight excluding hydrogens is 430 g/mol. The fraction of sp³-hybridized carbons (Fsp3) is 0.417. The smallest absolute Gasteiger partial charge is 0.250 e. The highest BCUT2D eigenvalue weighted by Gasteiger charge is 2.65. The molecule has 2 fully saturated rings. The van der Waals surface area contributed by atoms with Crippen LogP contribution in [0.15, 0.2) is 30.3 Å². The van der Waals surface area contributed by atoms with Crippen molar-refractivity contribution < 1.29 is 19.1 Å². The van der Waals surface area contributed by atoms with Gasteiger partial charge < -0.3 is 20.1 Å². The van der Waals surface area contributed by atoms with Gasteiger partial charge in [-0.1, -0.05) is 11.6 Å². The zero-order chi connectivity index (χ0) is 22.6. The van der Waals surface area contributed by atoms with Crippen LogP contribution in [0.3, 0.4) is 0 Å². The van der Waals surface area contributed by atoms with Crippen molar-refractivity contribution in [3.05, 3.63) is 46.5 Å². The third kappa shape index (κ3) is 2.91. The summed E-state index contributed by atoms with van der Waals surface area (Å²) >= 11 is 6.42. The van der Waals surface area contributed by atoms with E-state index in [4.69, 9.17) is 21.1 Å². The van der Waals surface area contributed by atoms with E-state index in [1.165, 1.54) is 0 Å². The molecule has 3 aliphatic heterocycles. The number of fused-ring (bicyclic) bond motifs is 4. The van der Waals surface area contributed by atoms with E-state index in [-0.39, 0.29) is 17.9 Å². The summed E-state index contributed by atoms with van der Waals surface area (Å²) in [6, 6.07) is 9.10. The molecule has 0 aliphatic carbocycles. The number of amides is 2. The molecule has 3 aliphatic rings. The third-order valence-electron chi connectivity index (χ3n) is 7.12. The SMILES string of the molecule is COc1ccc(OC)c(NC(=O)[C@H]2C[C@@H]3CCCN3[C@]23C(=O)Nc2c(C)cc(Cl)cc23)c1. The summed E-state index contributed by atoms with van der Waals surface area (Å²) in [4.78, 5) is 29.6. The molecule has 8 heteroatoms. The number of benzene rings is 2. The molecular formula is C24H26ClN3O4. The van der Waals surface area contributed by atoms with Crippen LogP contribution in [-0.2, 0) is 15.1 Å². The molecule has 0 aromatic heterocycles. The van der Waals surface area contributed by atoms with E-state index in [9.17, 15) is 9.59 Å². The summed E-state index contributed by atoms with van der Waals surface area (Å²) in [5, 5.41) is 6.64. The van der Waals surface area contributed by atoms with Crippen molar-refractivity contribution in [3.63, 3.8) is 0 Å². The molecule has 32 heavy (non-hydrogen) atoms. The summed E-state index contributed by atoms with van der Waals surface area (Å²) in [5.74, 6) is 0.200. The Hall–Kier alpha value is -2.77. The molecule has 0 radical (unpaired) electrons. The van der Waals surface area contributed by atoms with Gasteiger partial charge >= 0.3 is 0 Å². The first-order valence-corrected chi connectivity index (χ1v) is 11.2. The normalized spacial score (nSPS) is 26.1. The Labute approximate surface area is 192 Å². The molecule has 5 rings (SSSR count). The average Bonchev–Trinajstić information content (AvgIpc) is 3.43. The van der Waals surface area contributed by atoms with Gasteiger partial charge in [0.1, 0.15) is 17.0 Å². The third-order valence-corrected chi connectivity index (χ3v) is 7.34. The minimum Gasteiger partial charge on any atom is -0.497 e. The highest BCUT2D eigenvalue weighted by Crippen LogP contribution is 2.56. The molecule has 2 aromatic rings. The van der Waals surface area contributed by atoms with E-state index in [1.807, 2.05) is 19.1 Å². The first-order valence-electron chi connectivity index (χ1n) is 10.8. The topological polar surface area (TPSA) is 79.9 Å². The number of carbonyl (C=O) groups is 2. The number of nitrogens with one attached hydrogen (secondary N) is 2. The molecule has 2 saturated heterocycles. The van der Waals surface area contributed by atoms with Crippen LogP contribution in [-0.4, -0.2) is 43.5 Å². The van der Waals surface area contributed by atoms with Crippen molar-refractivity contribution in [1.29, 1.82) is 0 Å². The molecule has 2 amide bonds. The van der Waals surface area contributed by atoms with Gasteiger partial charge in [-0.05, 0) is 62.6 Å². The van der Waals surface area contributed by atoms with Gasteiger partial charge in [-0.15, -0.1) is 0 Å². The maximum atomic E-state index is 13.8. The van der Waals surface area contributed by atoms with Crippen molar-refractivity contribution in [2.75, 3.05) is 31.4 Å². The Morgan fingerprint density at radius 2 is 2.06 bits per heavy atom. The minimum absolute atomic E-state index is 0.153. The van der Waals surface area contributed by atoms with Gasteiger partial charge in [0.25, 0.3) is 0 Å². The lowest BCUT2D eigenvalue weighted by Crippen LogP contribution is -2.53. The number of hydrogen-bond donors (Lipinski definition) is 2. The van der Waals surface area contributed by atoms with E-state index in [1.54, 1.807) is 32.4 Å². The molecule has 1 spiro atoms. The van der Waals surface area contributed by atoms with Crippen LogP contribution in [0.25, 0.3) is 0 Å². The van der Waals surface area contributed by atoms with Gasteiger partial charge in [0.05, 0.1) is 25.8 Å². The second kappa shape index (κ2) is 7.67. The fourth-order valence-electron chi connectivity index (χ4n) is 5.79. The van der Waals surface area contributed by atoms with Crippen molar-refractivity contribution in [1.82, 2.24) is 4.90 Å². The Kier molecular flexibility index (Phi) is 5.06. The number of methoxy groups -OCH3 is 2. The predicted octanol–water partition coefficient (Wildman–Crippen LogP) is 3.94. The van der Waals surface area contributed by atoms with E-state index in [2.05, 4.69) is 15.5 Å². The van der Waals surface area contributed by atoms with Crippen LogP contribution < -0.4 is 20.1 Å². The van der Waals surface area contributed by atoms with Crippen LogP contribution in [0.5, 0.6) is 11.5 Å². The first kappa shape index (κ1) is 21.1. The van der Waals surface area contributed by atoms with Crippen LogP contribution in [0, 0.1) is 12.8 Å². The standard InChI is InChI=1S/C24H26ClN3O4/c1-13-9-14(25)10-17-21(13)27-23(30)24(17)18(11-15-5-4-8-28(15)24)22(29)26-19-12-16(31-2)6-7-20(19)32-3/h6-7,9-10,12,15,18H,4-5,8,11H2,1-3H3,(H,26,29)(H,27,30)/t15-,18+,24-/m0/s1. The summed E-state index contributed by atoms with van der Waals surface area (Å²) < 4.78 is 10.7. The van der Waals surface area contributed by atoms with Crippen molar-refractivity contribution in [3.8, 4) is 11.5 Å². The van der Waals surface area contributed by atoms with E-state index >= 15 is 0 Å². The minimum atomic E-state index is -1.07. The molecule has 0 bridgehead atoms. The van der Waals surface area contributed by atoms with Gasteiger partial charge in [0, 0.05) is 28.4 Å². The molecule has 3 heterocycles. The van der Waals surface area contributed by atoms with Gasteiger partial charge in [0.15, 0.2) is 0 Å². The number of hydrogen-bond acceptors (Lipinski definition) is 5. The van der Waals surface area contributed by atoms with E-state index in [0.29, 0.717) is 28.6 Å². The Balaban J connectivity index is 1.60. The van der Waals surface area contributed by atoms with E-state index < -0.39 is 11.5 Å². The number of anilines is 2. The largest absolute Gasteiger partial charge is 0.497 e. The van der Waals surface area contributed by atoms with Crippen molar-refractivity contribution in [2.24, 2.45) is 5.92 Å². The van der Waals surface area contributed by atoms with Crippen molar-refractivity contribution in [2.45, 2.75) is 37.8 Å². The van der Waals surface area contributed by atoms with Crippen LogP contribution in [0.4, 0.5) is 11.4 Å². The quantitative estimate of drug-likeness (QED) is 0.730. The number of carbonyl (C=O) groups excluding carboxylic acids is 2. The molecule has 3 atom stereocenters. The predicted molar refractivity (Wildman–Crippen MR) is 123 cm³/mol. The second-order valence-corrected chi connectivity index (χ2v) is 9.14. The van der Waals surface area contributed by atoms with Crippen LogP contribution in [0.1, 0.15) is 30.4 Å². The maximum absolute atomic E-state index is 13.8. The maximum Gasteiger partial charge on any atom is 0.250 e. The lowest BCUT2D eigenvalue weighted by Gasteiger charge is -2.36. The zero-order valence-electron chi connectivity index (χ0n) is 18.3. The number of rotatable bonds is 4. The number of halogens is 1. The zero-order valence-corrected chi connectivity index (χ0v) is 19.1. The lowest BCUT2D eigenvalue weighted by atomic mass is 9.78. The summed E-state index contributed by atoms with van der Waals surface area (Å²) in [6.45, 7) is 2.70. The molecule has 0 unspecified atom stereocenters. The number of ether oxygens (including phenoxy) is 2. The van der Waals surface area contributed by atoms with Gasteiger partial charge in [-0.2, -0.15) is 0 Å². The highest BCUT2D eigenvalue weighted by atomic mass is 35.5. The summed E-state index contributed by atoms with van der Waals surface area (Å²) in [6.07, 6.45) is 2.58. The van der Waals surface area contributed by atoms with Crippen molar-refractivity contribution >= 4 is 34.8 Å². The average molecular weight is 456 g/mol. The summed E-state index contributed by atoms with van der Waals surface area (Å²) in [7, 11) is 3.12. The fourth-order valence-corrected chi connectivity index (χ4v) is 6.06. The molecule has 2 N–H and O–H groups in total. The number of aryl methyl sites for hydroxylation is 1. The Morgan fingerprint density at radius 1 is 1.25 bits per heavy atom. The Morgan fingerprint density at radius 3 is 2.81 bits per heavy atom. The molecule has 168 valence electrons. The first-order chi connectivity index (χ1) is 15.4. The molecule has 7 nitrogen and oxygen atoms in total. The van der Waals surface area contributed by atoms with Gasteiger partial charge in [0.2, 0.25) is 11.8 Å².